The van der Waals surface area contributed by atoms with Gasteiger partial charge in [-0.25, -0.2) is 0 Å². The summed E-state index contributed by atoms with van der Waals surface area (Å²) in [5.74, 6) is 0.0726. The molecule has 1 N–H and O–H groups in total. The third-order valence-corrected chi connectivity index (χ3v) is 5.01. The molecule has 2 aromatic rings. The van der Waals surface area contributed by atoms with Gasteiger partial charge in [-0.15, -0.1) is 0 Å². The molecule has 7 heteroatoms. The van der Waals surface area contributed by atoms with E-state index in [9.17, 15) is 9.59 Å². The zero-order valence-corrected chi connectivity index (χ0v) is 18.4. The van der Waals surface area contributed by atoms with Crippen molar-refractivity contribution in [1.82, 2.24) is 10.2 Å². The molecule has 0 spiro atoms. The summed E-state index contributed by atoms with van der Waals surface area (Å²) in [6, 6.07) is 11.8. The van der Waals surface area contributed by atoms with E-state index in [2.05, 4.69) is 5.32 Å². The zero-order chi connectivity index (χ0) is 21.4. The van der Waals surface area contributed by atoms with Gasteiger partial charge in [-0.3, -0.25) is 9.59 Å². The van der Waals surface area contributed by atoms with Crippen LogP contribution in [0.3, 0.4) is 0 Å². The summed E-state index contributed by atoms with van der Waals surface area (Å²) in [7, 11) is 0. The van der Waals surface area contributed by atoms with Crippen molar-refractivity contribution in [2.24, 2.45) is 0 Å². The van der Waals surface area contributed by atoms with Crippen LogP contribution in [0.25, 0.3) is 0 Å². The summed E-state index contributed by atoms with van der Waals surface area (Å²) >= 11 is 12.2. The molecule has 2 aromatic carbocycles. The number of aryl methyl sites for hydroxylation is 1. The van der Waals surface area contributed by atoms with Gasteiger partial charge in [0.25, 0.3) is 5.91 Å². The van der Waals surface area contributed by atoms with Crippen molar-refractivity contribution in [1.29, 1.82) is 0 Å². The van der Waals surface area contributed by atoms with E-state index < -0.39 is 6.04 Å². The van der Waals surface area contributed by atoms with Crippen LogP contribution in [-0.2, 0) is 16.1 Å². The van der Waals surface area contributed by atoms with E-state index in [1.54, 1.807) is 31.2 Å². The molecule has 0 saturated carbocycles. The zero-order valence-electron chi connectivity index (χ0n) is 16.9. The number of amides is 2. The number of nitrogens with zero attached hydrogens (tertiary/aromatic N) is 1. The fourth-order valence-corrected chi connectivity index (χ4v) is 3.21. The van der Waals surface area contributed by atoms with Gasteiger partial charge >= 0.3 is 0 Å². The molecule has 5 nitrogen and oxygen atoms in total. The quantitative estimate of drug-likeness (QED) is 0.623. The van der Waals surface area contributed by atoms with Crippen LogP contribution in [0.15, 0.2) is 42.5 Å². The number of ether oxygens (including phenoxy) is 1. The summed E-state index contributed by atoms with van der Waals surface area (Å²) in [6.45, 7) is 6.15. The van der Waals surface area contributed by atoms with Crippen LogP contribution in [0.5, 0.6) is 5.75 Å². The molecule has 1 atom stereocenters. The minimum Gasteiger partial charge on any atom is -0.484 e. The number of nitrogens with one attached hydrogen (secondary N) is 1. The molecule has 0 heterocycles. The lowest BCUT2D eigenvalue weighted by Crippen LogP contribution is -2.49. The Bertz CT molecular complexity index is 858. The third kappa shape index (κ3) is 6.94. The van der Waals surface area contributed by atoms with E-state index in [1.807, 2.05) is 32.0 Å². The molecular weight excluding hydrogens is 411 g/mol. The highest BCUT2D eigenvalue weighted by Crippen LogP contribution is 2.23. The lowest BCUT2D eigenvalue weighted by Gasteiger charge is -2.29. The SMILES string of the molecule is CCCNC(=O)[C@@H](C)N(Cc1ccc(Cl)cc1Cl)C(=O)COc1cccc(C)c1. The van der Waals surface area contributed by atoms with Crippen molar-refractivity contribution in [3.63, 3.8) is 0 Å². The van der Waals surface area contributed by atoms with E-state index >= 15 is 0 Å². The summed E-state index contributed by atoms with van der Waals surface area (Å²) in [5.41, 5.74) is 1.74. The van der Waals surface area contributed by atoms with Crippen molar-refractivity contribution in [2.45, 2.75) is 39.8 Å². The Morgan fingerprint density at radius 2 is 1.93 bits per heavy atom. The first kappa shape index (κ1) is 23.0. The molecule has 0 fully saturated rings. The van der Waals surface area contributed by atoms with Crippen LogP contribution < -0.4 is 10.1 Å². The molecule has 0 bridgehead atoms. The van der Waals surface area contributed by atoms with Crippen molar-refractivity contribution in [3.8, 4) is 5.75 Å². The molecule has 0 aromatic heterocycles. The molecule has 29 heavy (non-hydrogen) atoms. The second-order valence-electron chi connectivity index (χ2n) is 6.83. The normalized spacial score (nSPS) is 11.6. The first-order valence-electron chi connectivity index (χ1n) is 9.52. The summed E-state index contributed by atoms with van der Waals surface area (Å²) in [6.07, 6.45) is 0.811. The Labute approximate surface area is 181 Å². The smallest absolute Gasteiger partial charge is 0.261 e. The number of hydrogen-bond donors (Lipinski definition) is 1. The van der Waals surface area contributed by atoms with Gasteiger partial charge in [0.2, 0.25) is 5.91 Å². The molecule has 0 unspecified atom stereocenters. The average Bonchev–Trinajstić information content (AvgIpc) is 2.69. The van der Waals surface area contributed by atoms with Crippen LogP contribution in [0, 0.1) is 6.92 Å². The molecule has 2 amide bonds. The molecular formula is C22H26Cl2N2O3. The predicted molar refractivity (Wildman–Crippen MR) is 116 cm³/mol. The van der Waals surface area contributed by atoms with E-state index in [-0.39, 0.29) is 25.0 Å². The number of halogens is 2. The highest BCUT2D eigenvalue weighted by atomic mass is 35.5. The van der Waals surface area contributed by atoms with Crippen molar-refractivity contribution in [3.05, 3.63) is 63.6 Å². The number of hydrogen-bond acceptors (Lipinski definition) is 3. The maximum Gasteiger partial charge on any atom is 0.261 e. The highest BCUT2D eigenvalue weighted by molar-refractivity contribution is 6.35. The second kappa shape index (κ2) is 11.1. The average molecular weight is 437 g/mol. The fourth-order valence-electron chi connectivity index (χ4n) is 2.75. The molecule has 2 rings (SSSR count). The van der Waals surface area contributed by atoms with E-state index in [0.717, 1.165) is 12.0 Å². The van der Waals surface area contributed by atoms with Crippen molar-refractivity contribution < 1.29 is 14.3 Å². The fraction of sp³-hybridized carbons (Fsp3) is 0.364. The van der Waals surface area contributed by atoms with Crippen molar-refractivity contribution >= 4 is 35.0 Å². The molecule has 0 radical (unpaired) electrons. The number of benzene rings is 2. The number of rotatable bonds is 9. The molecule has 0 aliphatic carbocycles. The van der Waals surface area contributed by atoms with Crippen LogP contribution in [-0.4, -0.2) is 35.9 Å². The molecule has 0 saturated heterocycles. The lowest BCUT2D eigenvalue weighted by atomic mass is 10.1. The van der Waals surface area contributed by atoms with Gasteiger partial charge in [0.05, 0.1) is 0 Å². The van der Waals surface area contributed by atoms with Gasteiger partial charge in [0.1, 0.15) is 11.8 Å². The maximum atomic E-state index is 13.0. The first-order valence-corrected chi connectivity index (χ1v) is 10.3. The minimum absolute atomic E-state index is 0.173. The van der Waals surface area contributed by atoms with E-state index in [1.165, 1.54) is 4.90 Å². The second-order valence-corrected chi connectivity index (χ2v) is 7.67. The van der Waals surface area contributed by atoms with Crippen LogP contribution in [0.4, 0.5) is 0 Å². The van der Waals surface area contributed by atoms with Crippen LogP contribution >= 0.6 is 23.2 Å². The summed E-state index contributed by atoms with van der Waals surface area (Å²) in [4.78, 5) is 26.9. The third-order valence-electron chi connectivity index (χ3n) is 4.42. The standard InChI is InChI=1S/C22H26Cl2N2O3/c1-4-10-25-22(28)16(3)26(13-17-8-9-18(23)12-20(17)24)21(27)14-29-19-7-5-6-15(2)11-19/h5-9,11-12,16H,4,10,13-14H2,1-3H3,(H,25,28)/t16-/m1/s1. The van der Waals surface area contributed by atoms with Crippen molar-refractivity contribution in [2.75, 3.05) is 13.2 Å². The van der Waals surface area contributed by atoms with Crippen LogP contribution in [0.2, 0.25) is 10.0 Å². The number of carbonyl (C=O) groups excluding carboxylic acids is 2. The van der Waals surface area contributed by atoms with Gasteiger partial charge in [0.15, 0.2) is 6.61 Å². The Kier molecular flexibility index (Phi) is 8.80. The molecule has 0 aliphatic heterocycles. The summed E-state index contributed by atoms with van der Waals surface area (Å²) in [5, 5.41) is 3.78. The largest absolute Gasteiger partial charge is 0.484 e. The minimum atomic E-state index is -0.679. The lowest BCUT2D eigenvalue weighted by molar-refractivity contribution is -0.142. The Balaban J connectivity index is 2.17. The highest BCUT2D eigenvalue weighted by Gasteiger charge is 2.27. The van der Waals surface area contributed by atoms with Gasteiger partial charge in [-0.2, -0.15) is 0 Å². The van der Waals surface area contributed by atoms with Gasteiger partial charge in [-0.05, 0) is 55.7 Å². The summed E-state index contributed by atoms with van der Waals surface area (Å²) < 4.78 is 5.65. The Hall–Kier alpha value is -2.24. The van der Waals surface area contributed by atoms with E-state index in [4.69, 9.17) is 27.9 Å². The monoisotopic (exact) mass is 436 g/mol. The Morgan fingerprint density at radius 3 is 2.59 bits per heavy atom. The van der Waals surface area contributed by atoms with Gasteiger partial charge < -0.3 is 15.0 Å². The predicted octanol–water partition coefficient (Wildman–Crippen LogP) is 4.62. The molecule has 156 valence electrons. The first-order chi connectivity index (χ1) is 13.8. The number of carbonyl (C=O) groups is 2. The van der Waals surface area contributed by atoms with Gasteiger partial charge in [0, 0.05) is 23.1 Å². The van der Waals surface area contributed by atoms with Crippen LogP contribution in [0.1, 0.15) is 31.4 Å². The maximum absolute atomic E-state index is 13.0. The Morgan fingerprint density at radius 1 is 1.17 bits per heavy atom. The van der Waals surface area contributed by atoms with E-state index in [0.29, 0.717) is 27.9 Å². The topological polar surface area (TPSA) is 58.6 Å². The van der Waals surface area contributed by atoms with Gasteiger partial charge in [-0.1, -0.05) is 48.3 Å². The molecule has 0 aliphatic rings.